The van der Waals surface area contributed by atoms with Crippen LogP contribution in [0, 0.1) is 12.8 Å². The molecule has 0 aliphatic heterocycles. The third kappa shape index (κ3) is 5.96. The highest BCUT2D eigenvalue weighted by molar-refractivity contribution is 7.09. The lowest BCUT2D eigenvalue weighted by Gasteiger charge is -2.13. The Bertz CT molecular complexity index is 630. The molecule has 0 saturated heterocycles. The molecular formula is C17H28N6S. The van der Waals surface area contributed by atoms with Gasteiger partial charge < -0.3 is 15.2 Å². The number of hydrogen-bond donors (Lipinski definition) is 2. The van der Waals surface area contributed by atoms with Crippen LogP contribution in [0.3, 0.4) is 0 Å². The van der Waals surface area contributed by atoms with Crippen LogP contribution in [0.15, 0.2) is 22.5 Å². The summed E-state index contributed by atoms with van der Waals surface area (Å²) in [6.07, 6.45) is 2.13. The van der Waals surface area contributed by atoms with Crippen molar-refractivity contribution in [2.24, 2.45) is 18.0 Å². The van der Waals surface area contributed by atoms with E-state index in [1.807, 2.05) is 18.5 Å². The van der Waals surface area contributed by atoms with Crippen LogP contribution in [0.1, 0.15) is 36.8 Å². The van der Waals surface area contributed by atoms with E-state index in [0.29, 0.717) is 12.5 Å². The maximum atomic E-state index is 4.66. The SMILES string of the molecule is Cc1nnc(CN=C(NCCc2cccs2)NCCC(C)C)n1C. The Balaban J connectivity index is 1.90. The van der Waals surface area contributed by atoms with Gasteiger partial charge in [0.25, 0.3) is 0 Å². The number of aryl methyl sites for hydroxylation is 1. The van der Waals surface area contributed by atoms with Crippen LogP contribution in [0.25, 0.3) is 0 Å². The highest BCUT2D eigenvalue weighted by Crippen LogP contribution is 2.08. The number of thiophene rings is 1. The van der Waals surface area contributed by atoms with Gasteiger partial charge in [-0.05, 0) is 37.1 Å². The normalized spacial score (nSPS) is 12.0. The molecule has 0 unspecified atom stereocenters. The molecule has 0 atom stereocenters. The molecule has 0 aromatic carbocycles. The standard InChI is InChI=1S/C17H28N6S/c1-13(2)7-9-18-17(19-10-8-15-6-5-11-24-15)20-12-16-22-21-14(3)23(16)4/h5-6,11,13H,7-10,12H2,1-4H3,(H2,18,19,20). The molecule has 6 nitrogen and oxygen atoms in total. The number of aliphatic imine (C=N–C) groups is 1. The lowest BCUT2D eigenvalue weighted by Crippen LogP contribution is -2.39. The molecule has 132 valence electrons. The molecule has 2 aromatic heterocycles. The molecule has 7 heteroatoms. The van der Waals surface area contributed by atoms with Crippen molar-refractivity contribution in [1.29, 1.82) is 0 Å². The second-order valence-corrected chi connectivity index (χ2v) is 7.28. The largest absolute Gasteiger partial charge is 0.356 e. The average molecular weight is 349 g/mol. The molecule has 0 amide bonds. The molecule has 2 N–H and O–H groups in total. The summed E-state index contributed by atoms with van der Waals surface area (Å²) in [5, 5.41) is 17.2. The Morgan fingerprint density at radius 2 is 2.08 bits per heavy atom. The van der Waals surface area contributed by atoms with Gasteiger partial charge in [0.2, 0.25) is 0 Å². The lowest BCUT2D eigenvalue weighted by atomic mass is 10.1. The zero-order valence-electron chi connectivity index (χ0n) is 15.0. The minimum absolute atomic E-state index is 0.521. The fraction of sp³-hybridized carbons (Fsp3) is 0.588. The second-order valence-electron chi connectivity index (χ2n) is 6.25. The lowest BCUT2D eigenvalue weighted by molar-refractivity contribution is 0.573. The van der Waals surface area contributed by atoms with Crippen LogP contribution in [0.4, 0.5) is 0 Å². The Labute approximate surface area is 148 Å². The Hall–Kier alpha value is -1.89. The van der Waals surface area contributed by atoms with Crippen molar-refractivity contribution in [2.45, 2.75) is 40.2 Å². The van der Waals surface area contributed by atoms with Crippen LogP contribution in [-0.4, -0.2) is 33.8 Å². The van der Waals surface area contributed by atoms with Gasteiger partial charge in [-0.1, -0.05) is 19.9 Å². The summed E-state index contributed by atoms with van der Waals surface area (Å²) in [5.74, 6) is 3.29. The highest BCUT2D eigenvalue weighted by Gasteiger charge is 2.05. The predicted octanol–water partition coefficient (Wildman–Crippen LogP) is 2.51. The monoisotopic (exact) mass is 348 g/mol. The van der Waals surface area contributed by atoms with E-state index in [2.05, 4.69) is 57.2 Å². The molecule has 2 heterocycles. The second kappa shape index (κ2) is 9.42. The van der Waals surface area contributed by atoms with Gasteiger partial charge in [0.15, 0.2) is 11.8 Å². The highest BCUT2D eigenvalue weighted by atomic mass is 32.1. The zero-order chi connectivity index (χ0) is 17.4. The molecule has 0 bridgehead atoms. The first-order valence-electron chi connectivity index (χ1n) is 8.45. The van der Waals surface area contributed by atoms with Crippen molar-refractivity contribution in [3.63, 3.8) is 0 Å². The van der Waals surface area contributed by atoms with Gasteiger partial charge >= 0.3 is 0 Å². The van der Waals surface area contributed by atoms with Crippen LogP contribution < -0.4 is 10.6 Å². The summed E-state index contributed by atoms with van der Waals surface area (Å²) < 4.78 is 1.97. The van der Waals surface area contributed by atoms with Gasteiger partial charge in [-0.2, -0.15) is 0 Å². The first kappa shape index (κ1) is 18.4. The van der Waals surface area contributed by atoms with Gasteiger partial charge in [0.05, 0.1) is 0 Å². The summed E-state index contributed by atoms with van der Waals surface area (Å²) >= 11 is 1.79. The van der Waals surface area contributed by atoms with Crippen molar-refractivity contribution in [3.05, 3.63) is 34.0 Å². The minimum Gasteiger partial charge on any atom is -0.356 e. The first-order valence-corrected chi connectivity index (χ1v) is 9.33. The van der Waals surface area contributed by atoms with Gasteiger partial charge in [0, 0.05) is 25.0 Å². The summed E-state index contributed by atoms with van der Waals surface area (Å²) in [7, 11) is 1.97. The fourth-order valence-corrected chi connectivity index (χ4v) is 2.86. The van der Waals surface area contributed by atoms with E-state index in [1.54, 1.807) is 11.3 Å². The van der Waals surface area contributed by atoms with Crippen molar-refractivity contribution in [1.82, 2.24) is 25.4 Å². The number of nitrogens with zero attached hydrogens (tertiary/aromatic N) is 4. The Morgan fingerprint density at radius 1 is 1.29 bits per heavy atom. The number of guanidine groups is 1. The number of rotatable bonds is 8. The van der Waals surface area contributed by atoms with E-state index < -0.39 is 0 Å². The summed E-state index contributed by atoms with van der Waals surface area (Å²) in [4.78, 5) is 6.04. The predicted molar refractivity (Wildman–Crippen MR) is 100 cm³/mol. The van der Waals surface area contributed by atoms with Crippen LogP contribution in [0.2, 0.25) is 0 Å². The molecular weight excluding hydrogens is 320 g/mol. The third-order valence-electron chi connectivity index (χ3n) is 3.82. The van der Waals surface area contributed by atoms with Crippen LogP contribution in [-0.2, 0) is 20.0 Å². The van der Waals surface area contributed by atoms with E-state index >= 15 is 0 Å². The van der Waals surface area contributed by atoms with E-state index in [4.69, 9.17) is 0 Å². The minimum atomic E-state index is 0.521. The Morgan fingerprint density at radius 3 is 2.71 bits per heavy atom. The van der Waals surface area contributed by atoms with E-state index in [9.17, 15) is 0 Å². The van der Waals surface area contributed by atoms with E-state index in [0.717, 1.165) is 43.5 Å². The maximum Gasteiger partial charge on any atom is 0.191 e. The van der Waals surface area contributed by atoms with E-state index in [1.165, 1.54) is 4.88 Å². The van der Waals surface area contributed by atoms with Crippen molar-refractivity contribution in [2.75, 3.05) is 13.1 Å². The van der Waals surface area contributed by atoms with Crippen LogP contribution in [0.5, 0.6) is 0 Å². The number of hydrogen-bond acceptors (Lipinski definition) is 4. The summed E-state index contributed by atoms with van der Waals surface area (Å²) in [6.45, 7) is 8.71. The molecule has 0 fully saturated rings. The molecule has 0 saturated carbocycles. The number of aromatic nitrogens is 3. The molecule has 0 radical (unpaired) electrons. The molecule has 2 rings (SSSR count). The molecule has 0 aliphatic rings. The first-order chi connectivity index (χ1) is 11.6. The van der Waals surface area contributed by atoms with Gasteiger partial charge in [-0.25, -0.2) is 4.99 Å². The quantitative estimate of drug-likeness (QED) is 0.568. The summed E-state index contributed by atoms with van der Waals surface area (Å²) in [6, 6.07) is 4.25. The van der Waals surface area contributed by atoms with Crippen molar-refractivity contribution >= 4 is 17.3 Å². The molecule has 2 aromatic rings. The van der Waals surface area contributed by atoms with Crippen molar-refractivity contribution < 1.29 is 0 Å². The van der Waals surface area contributed by atoms with Crippen LogP contribution >= 0.6 is 11.3 Å². The fourth-order valence-electron chi connectivity index (χ4n) is 2.15. The van der Waals surface area contributed by atoms with Gasteiger partial charge in [-0.15, -0.1) is 21.5 Å². The maximum absolute atomic E-state index is 4.66. The van der Waals surface area contributed by atoms with Gasteiger partial charge in [0.1, 0.15) is 12.4 Å². The molecule has 24 heavy (non-hydrogen) atoms. The topological polar surface area (TPSA) is 67.1 Å². The molecule has 0 aliphatic carbocycles. The number of nitrogens with one attached hydrogen (secondary N) is 2. The summed E-state index contributed by atoms with van der Waals surface area (Å²) in [5.41, 5.74) is 0. The van der Waals surface area contributed by atoms with E-state index in [-0.39, 0.29) is 0 Å². The van der Waals surface area contributed by atoms with Crippen molar-refractivity contribution in [3.8, 4) is 0 Å². The van der Waals surface area contributed by atoms with Gasteiger partial charge in [-0.3, -0.25) is 0 Å². The zero-order valence-corrected chi connectivity index (χ0v) is 15.9. The smallest absolute Gasteiger partial charge is 0.191 e. The third-order valence-corrected chi connectivity index (χ3v) is 4.76. The Kier molecular flexibility index (Phi) is 7.24. The molecule has 0 spiro atoms. The average Bonchev–Trinajstić information content (AvgIpc) is 3.16.